The van der Waals surface area contributed by atoms with E-state index in [0.29, 0.717) is 16.3 Å². The van der Waals surface area contributed by atoms with Crippen LogP contribution in [0.2, 0.25) is 5.02 Å². The average molecular weight is 463 g/mol. The average Bonchev–Trinajstić information content (AvgIpc) is 2.74. The second-order valence-corrected chi connectivity index (χ2v) is 10.1. The predicted octanol–water partition coefficient (Wildman–Crippen LogP) is 3.35. The first-order valence-electron chi connectivity index (χ1n) is 10.0. The van der Waals surface area contributed by atoms with E-state index in [2.05, 4.69) is 15.4 Å². The molecule has 0 unspecified atom stereocenters. The van der Waals surface area contributed by atoms with Crippen LogP contribution < -0.4 is 9.73 Å². The number of amides is 1. The number of hydrogen-bond acceptors (Lipinski definition) is 5. The number of piperidine rings is 1. The van der Waals surface area contributed by atoms with Crippen molar-refractivity contribution in [2.45, 2.75) is 31.6 Å². The summed E-state index contributed by atoms with van der Waals surface area (Å²) < 4.78 is 28.0. The summed E-state index contributed by atoms with van der Waals surface area (Å²) in [7, 11) is -1.96. The van der Waals surface area contributed by atoms with Crippen molar-refractivity contribution in [2.75, 3.05) is 31.0 Å². The summed E-state index contributed by atoms with van der Waals surface area (Å²) in [4.78, 5) is 15.0. The standard InChI is InChI=1S/C22H27ClN4O3S/c1-16-4-8-20(9-5-16)31(29,30)27(21-14-18(23)7-6-17(21)2)15-22(28)25-24-19-10-12-26(3)13-11-19/h4-9,14H,10-13,15H2,1-3H3,(H,25,28). The van der Waals surface area contributed by atoms with Gasteiger partial charge < -0.3 is 4.90 Å². The lowest BCUT2D eigenvalue weighted by atomic mass is 10.1. The van der Waals surface area contributed by atoms with Gasteiger partial charge in [-0.1, -0.05) is 35.4 Å². The first-order valence-corrected chi connectivity index (χ1v) is 11.9. The molecule has 1 amide bonds. The molecular formula is C22H27ClN4O3S. The van der Waals surface area contributed by atoms with Crippen LogP contribution in [0.4, 0.5) is 5.69 Å². The molecule has 1 fully saturated rings. The van der Waals surface area contributed by atoms with Gasteiger partial charge in [0.05, 0.1) is 10.6 Å². The van der Waals surface area contributed by atoms with Crippen molar-refractivity contribution >= 4 is 38.9 Å². The van der Waals surface area contributed by atoms with Gasteiger partial charge in [-0.2, -0.15) is 5.10 Å². The van der Waals surface area contributed by atoms with Crippen molar-refractivity contribution in [2.24, 2.45) is 5.10 Å². The molecule has 0 aliphatic carbocycles. The minimum Gasteiger partial charge on any atom is -0.306 e. The van der Waals surface area contributed by atoms with Gasteiger partial charge in [-0.3, -0.25) is 9.10 Å². The number of anilines is 1. The molecular weight excluding hydrogens is 436 g/mol. The van der Waals surface area contributed by atoms with E-state index in [9.17, 15) is 13.2 Å². The monoisotopic (exact) mass is 462 g/mol. The van der Waals surface area contributed by atoms with E-state index in [4.69, 9.17) is 11.6 Å². The van der Waals surface area contributed by atoms with Crippen LogP contribution >= 0.6 is 11.6 Å². The number of hydrazone groups is 1. The fourth-order valence-corrected chi connectivity index (χ4v) is 4.93. The van der Waals surface area contributed by atoms with Crippen LogP contribution in [0.25, 0.3) is 0 Å². The predicted molar refractivity (Wildman–Crippen MR) is 124 cm³/mol. The quantitative estimate of drug-likeness (QED) is 0.667. The molecule has 1 heterocycles. The first kappa shape index (κ1) is 23.2. The highest BCUT2D eigenvalue weighted by atomic mass is 35.5. The van der Waals surface area contributed by atoms with Gasteiger partial charge in [0, 0.05) is 36.7 Å². The molecule has 3 rings (SSSR count). The molecule has 0 saturated carbocycles. The van der Waals surface area contributed by atoms with Crippen molar-refractivity contribution in [1.29, 1.82) is 0 Å². The molecule has 1 aliphatic heterocycles. The number of halogens is 1. The van der Waals surface area contributed by atoms with E-state index in [1.54, 1.807) is 37.3 Å². The molecule has 0 aromatic heterocycles. The number of hydrogen-bond donors (Lipinski definition) is 1. The molecule has 0 bridgehead atoms. The lowest BCUT2D eigenvalue weighted by Gasteiger charge is -2.26. The lowest BCUT2D eigenvalue weighted by Crippen LogP contribution is -2.40. The smallest absolute Gasteiger partial charge is 0.264 e. The largest absolute Gasteiger partial charge is 0.306 e. The Bertz CT molecular complexity index is 1070. The number of benzene rings is 2. The molecule has 166 valence electrons. The first-order chi connectivity index (χ1) is 14.7. The molecule has 0 spiro atoms. The van der Waals surface area contributed by atoms with E-state index >= 15 is 0 Å². The molecule has 2 aromatic carbocycles. The summed E-state index contributed by atoms with van der Waals surface area (Å²) in [5.41, 5.74) is 5.41. The molecule has 0 atom stereocenters. The van der Waals surface area contributed by atoms with Crippen LogP contribution in [-0.4, -0.2) is 51.6 Å². The zero-order chi connectivity index (χ0) is 22.6. The summed E-state index contributed by atoms with van der Waals surface area (Å²) in [5.74, 6) is -0.513. The summed E-state index contributed by atoms with van der Waals surface area (Å²) in [6.45, 7) is 5.01. The Morgan fingerprint density at radius 1 is 1.13 bits per heavy atom. The Morgan fingerprint density at radius 2 is 1.77 bits per heavy atom. The Kier molecular flexibility index (Phi) is 7.35. The minimum atomic E-state index is -4.00. The third-order valence-corrected chi connectivity index (χ3v) is 7.25. The van der Waals surface area contributed by atoms with E-state index in [0.717, 1.165) is 41.5 Å². The van der Waals surface area contributed by atoms with Gasteiger partial charge in [0.25, 0.3) is 15.9 Å². The van der Waals surface area contributed by atoms with Gasteiger partial charge in [-0.15, -0.1) is 0 Å². The molecule has 1 aliphatic rings. The molecule has 0 radical (unpaired) electrons. The molecule has 7 nitrogen and oxygen atoms in total. The van der Waals surface area contributed by atoms with Crippen molar-refractivity contribution in [1.82, 2.24) is 10.3 Å². The topological polar surface area (TPSA) is 82.1 Å². The van der Waals surface area contributed by atoms with Gasteiger partial charge in [0.15, 0.2) is 0 Å². The van der Waals surface area contributed by atoms with Gasteiger partial charge >= 0.3 is 0 Å². The van der Waals surface area contributed by atoms with Crippen LogP contribution in [-0.2, 0) is 14.8 Å². The maximum absolute atomic E-state index is 13.4. The van der Waals surface area contributed by atoms with E-state index in [-0.39, 0.29) is 4.90 Å². The van der Waals surface area contributed by atoms with Gasteiger partial charge in [-0.25, -0.2) is 13.8 Å². The highest BCUT2D eigenvalue weighted by molar-refractivity contribution is 7.92. The van der Waals surface area contributed by atoms with Crippen LogP contribution in [0.1, 0.15) is 24.0 Å². The third kappa shape index (κ3) is 5.84. The van der Waals surface area contributed by atoms with Gasteiger partial charge in [0.1, 0.15) is 6.54 Å². The summed E-state index contributed by atoms with van der Waals surface area (Å²) in [6, 6.07) is 11.5. The molecule has 1 saturated heterocycles. The number of likely N-dealkylation sites (tertiary alicyclic amines) is 1. The maximum Gasteiger partial charge on any atom is 0.264 e. The Morgan fingerprint density at radius 3 is 2.42 bits per heavy atom. The molecule has 1 N–H and O–H groups in total. The van der Waals surface area contributed by atoms with E-state index < -0.39 is 22.5 Å². The highest BCUT2D eigenvalue weighted by Gasteiger charge is 2.28. The SMILES string of the molecule is Cc1ccc(S(=O)(=O)N(CC(=O)NN=C2CCN(C)CC2)c2cc(Cl)ccc2C)cc1. The third-order valence-electron chi connectivity index (χ3n) is 5.24. The van der Waals surface area contributed by atoms with Crippen LogP contribution in [0, 0.1) is 13.8 Å². The summed E-state index contributed by atoms with van der Waals surface area (Å²) in [6.07, 6.45) is 1.55. The Hall–Kier alpha value is -2.42. The van der Waals surface area contributed by atoms with Crippen molar-refractivity contribution in [3.63, 3.8) is 0 Å². The summed E-state index contributed by atoms with van der Waals surface area (Å²) >= 11 is 6.14. The normalized spacial score (nSPS) is 14.9. The van der Waals surface area contributed by atoms with Crippen LogP contribution in [0.15, 0.2) is 52.5 Å². The van der Waals surface area contributed by atoms with E-state index in [1.165, 1.54) is 12.1 Å². The number of rotatable bonds is 6. The van der Waals surface area contributed by atoms with Crippen molar-refractivity contribution in [3.05, 3.63) is 58.6 Å². The zero-order valence-corrected chi connectivity index (χ0v) is 19.5. The van der Waals surface area contributed by atoms with Crippen molar-refractivity contribution in [3.8, 4) is 0 Å². The maximum atomic E-state index is 13.4. The summed E-state index contributed by atoms with van der Waals surface area (Å²) in [5, 5.41) is 4.60. The highest BCUT2D eigenvalue weighted by Crippen LogP contribution is 2.29. The van der Waals surface area contributed by atoms with Crippen LogP contribution in [0.5, 0.6) is 0 Å². The van der Waals surface area contributed by atoms with Gasteiger partial charge in [0.2, 0.25) is 0 Å². The zero-order valence-electron chi connectivity index (χ0n) is 17.9. The number of carbonyl (C=O) groups excluding carboxylic acids is 1. The Balaban J connectivity index is 1.89. The molecule has 9 heteroatoms. The lowest BCUT2D eigenvalue weighted by molar-refractivity contribution is -0.119. The van der Waals surface area contributed by atoms with Crippen LogP contribution in [0.3, 0.4) is 0 Å². The van der Waals surface area contributed by atoms with E-state index in [1.807, 2.05) is 14.0 Å². The fraction of sp³-hybridized carbons (Fsp3) is 0.364. The fourth-order valence-electron chi connectivity index (χ4n) is 3.28. The number of nitrogens with one attached hydrogen (secondary N) is 1. The second kappa shape index (κ2) is 9.80. The second-order valence-electron chi connectivity index (χ2n) is 7.77. The van der Waals surface area contributed by atoms with Crippen molar-refractivity contribution < 1.29 is 13.2 Å². The Labute approximate surface area is 188 Å². The number of sulfonamides is 1. The molecule has 2 aromatic rings. The van der Waals surface area contributed by atoms with Gasteiger partial charge in [-0.05, 0) is 50.7 Å². The number of aryl methyl sites for hydroxylation is 2. The molecule has 31 heavy (non-hydrogen) atoms. The number of carbonyl (C=O) groups is 1. The minimum absolute atomic E-state index is 0.104. The number of nitrogens with zero attached hydrogens (tertiary/aromatic N) is 3.